The van der Waals surface area contributed by atoms with Gasteiger partial charge in [0.1, 0.15) is 0 Å². The Kier molecular flexibility index (Phi) is 2.94. The number of rotatable bonds is 2. The van der Waals surface area contributed by atoms with Crippen LogP contribution in [0.5, 0.6) is 0 Å². The summed E-state index contributed by atoms with van der Waals surface area (Å²) in [5.41, 5.74) is -0.394. The summed E-state index contributed by atoms with van der Waals surface area (Å²) >= 11 is 0. The lowest BCUT2D eigenvalue weighted by atomic mass is 9.84. The molecule has 3 nitrogen and oxygen atoms in total. The van der Waals surface area contributed by atoms with Gasteiger partial charge in [-0.25, -0.2) is 0 Å². The lowest BCUT2D eigenvalue weighted by Crippen LogP contribution is -2.51. The monoisotopic (exact) mass is 225 g/mol. The second kappa shape index (κ2) is 4.28. The van der Waals surface area contributed by atoms with Gasteiger partial charge in [0.15, 0.2) is 0 Å². The maximum Gasteiger partial charge on any atom is 0.0774 e. The number of aliphatic hydroxyl groups is 1. The number of morpholine rings is 1. The van der Waals surface area contributed by atoms with Gasteiger partial charge in [-0.1, -0.05) is 19.3 Å². The Bertz CT molecular complexity index is 238. The third-order valence-electron chi connectivity index (χ3n) is 4.42. The van der Waals surface area contributed by atoms with Crippen LogP contribution < -0.4 is 0 Å². The molecule has 2 bridgehead atoms. The van der Waals surface area contributed by atoms with Gasteiger partial charge in [0.2, 0.25) is 0 Å². The second-order valence-electron chi connectivity index (χ2n) is 5.94. The SMILES string of the molecule is OC1(CN2CC3CCC(C2)O3)CCCCC1. The van der Waals surface area contributed by atoms with E-state index in [0.29, 0.717) is 12.2 Å². The fraction of sp³-hybridized carbons (Fsp3) is 1.00. The minimum absolute atomic E-state index is 0.394. The highest BCUT2D eigenvalue weighted by Crippen LogP contribution is 2.32. The van der Waals surface area contributed by atoms with Crippen LogP contribution in [-0.2, 0) is 4.74 Å². The molecule has 2 heterocycles. The van der Waals surface area contributed by atoms with Crippen LogP contribution in [-0.4, -0.2) is 47.4 Å². The molecule has 0 amide bonds. The number of nitrogens with zero attached hydrogens (tertiary/aromatic N) is 1. The molecule has 1 N–H and O–H groups in total. The Morgan fingerprint density at radius 1 is 1.06 bits per heavy atom. The third-order valence-corrected chi connectivity index (χ3v) is 4.42. The number of ether oxygens (including phenoxy) is 1. The van der Waals surface area contributed by atoms with E-state index in [2.05, 4.69) is 4.90 Å². The van der Waals surface area contributed by atoms with Gasteiger partial charge >= 0.3 is 0 Å². The Balaban J connectivity index is 1.57. The molecule has 2 saturated heterocycles. The van der Waals surface area contributed by atoms with E-state index in [1.165, 1.54) is 32.1 Å². The quantitative estimate of drug-likeness (QED) is 0.774. The van der Waals surface area contributed by atoms with Crippen LogP contribution in [0.15, 0.2) is 0 Å². The van der Waals surface area contributed by atoms with Gasteiger partial charge in [0.05, 0.1) is 17.8 Å². The van der Waals surface area contributed by atoms with Crippen LogP contribution in [0.2, 0.25) is 0 Å². The molecule has 3 rings (SSSR count). The van der Waals surface area contributed by atoms with Gasteiger partial charge in [-0.15, -0.1) is 0 Å². The van der Waals surface area contributed by atoms with Crippen LogP contribution in [0.1, 0.15) is 44.9 Å². The molecule has 0 spiro atoms. The lowest BCUT2D eigenvalue weighted by molar-refractivity contribution is -0.0810. The summed E-state index contributed by atoms with van der Waals surface area (Å²) in [4.78, 5) is 2.44. The van der Waals surface area contributed by atoms with E-state index in [0.717, 1.165) is 32.5 Å². The maximum absolute atomic E-state index is 10.5. The summed E-state index contributed by atoms with van der Waals surface area (Å²) < 4.78 is 5.83. The first-order valence-corrected chi connectivity index (χ1v) is 6.84. The number of likely N-dealkylation sites (tertiary alicyclic amines) is 1. The van der Waals surface area contributed by atoms with Crippen LogP contribution >= 0.6 is 0 Å². The van der Waals surface area contributed by atoms with Gasteiger partial charge in [0, 0.05) is 19.6 Å². The van der Waals surface area contributed by atoms with Crippen molar-refractivity contribution >= 4 is 0 Å². The van der Waals surface area contributed by atoms with Crippen molar-refractivity contribution in [3.63, 3.8) is 0 Å². The van der Waals surface area contributed by atoms with E-state index in [4.69, 9.17) is 4.74 Å². The summed E-state index contributed by atoms with van der Waals surface area (Å²) in [7, 11) is 0. The number of β-amino-alcohol motifs (C(OH)–C–C–N with tert-alkyl or cyclic N) is 1. The van der Waals surface area contributed by atoms with Crippen molar-refractivity contribution in [2.24, 2.45) is 0 Å². The standard InChI is InChI=1S/C13H23NO2/c15-13(6-2-1-3-7-13)10-14-8-11-4-5-12(9-14)16-11/h11-12,15H,1-10H2. The van der Waals surface area contributed by atoms with Gasteiger partial charge in [0.25, 0.3) is 0 Å². The summed E-state index contributed by atoms with van der Waals surface area (Å²) in [5.74, 6) is 0. The van der Waals surface area contributed by atoms with Crippen molar-refractivity contribution in [3.05, 3.63) is 0 Å². The van der Waals surface area contributed by atoms with E-state index >= 15 is 0 Å². The summed E-state index contributed by atoms with van der Waals surface area (Å²) in [5, 5.41) is 10.5. The van der Waals surface area contributed by atoms with E-state index in [1.807, 2.05) is 0 Å². The van der Waals surface area contributed by atoms with Crippen molar-refractivity contribution < 1.29 is 9.84 Å². The lowest BCUT2D eigenvalue weighted by Gasteiger charge is -2.40. The molecule has 3 heteroatoms. The van der Waals surface area contributed by atoms with Crippen molar-refractivity contribution in [2.75, 3.05) is 19.6 Å². The van der Waals surface area contributed by atoms with E-state index in [-0.39, 0.29) is 0 Å². The van der Waals surface area contributed by atoms with Crippen LogP contribution in [0.3, 0.4) is 0 Å². The van der Waals surface area contributed by atoms with Crippen LogP contribution in [0, 0.1) is 0 Å². The first kappa shape index (κ1) is 11.0. The summed E-state index contributed by atoms with van der Waals surface area (Å²) in [6, 6.07) is 0. The van der Waals surface area contributed by atoms with Gasteiger partial charge in [-0.2, -0.15) is 0 Å². The normalized spacial score (nSPS) is 38.8. The molecule has 2 aliphatic heterocycles. The molecule has 0 aromatic heterocycles. The molecule has 0 aromatic carbocycles. The van der Waals surface area contributed by atoms with Crippen LogP contribution in [0.25, 0.3) is 0 Å². The topological polar surface area (TPSA) is 32.7 Å². The molecule has 1 saturated carbocycles. The molecule has 3 fully saturated rings. The molecular formula is C13H23NO2. The number of hydrogen-bond acceptors (Lipinski definition) is 3. The van der Waals surface area contributed by atoms with Crippen molar-refractivity contribution in [3.8, 4) is 0 Å². The third kappa shape index (κ3) is 2.27. The number of hydrogen-bond donors (Lipinski definition) is 1. The largest absolute Gasteiger partial charge is 0.389 e. The van der Waals surface area contributed by atoms with Crippen molar-refractivity contribution in [2.45, 2.75) is 62.8 Å². The molecule has 16 heavy (non-hydrogen) atoms. The molecule has 1 aliphatic carbocycles. The first-order valence-electron chi connectivity index (χ1n) is 6.84. The van der Waals surface area contributed by atoms with Gasteiger partial charge < -0.3 is 9.84 Å². The molecular weight excluding hydrogens is 202 g/mol. The Hall–Kier alpha value is -0.120. The smallest absolute Gasteiger partial charge is 0.0774 e. The number of fused-ring (bicyclic) bond motifs is 2. The molecule has 2 atom stereocenters. The molecule has 92 valence electrons. The molecule has 2 unspecified atom stereocenters. The van der Waals surface area contributed by atoms with Crippen LogP contribution in [0.4, 0.5) is 0 Å². The predicted molar refractivity (Wildman–Crippen MR) is 62.4 cm³/mol. The minimum Gasteiger partial charge on any atom is -0.389 e. The average molecular weight is 225 g/mol. The predicted octanol–water partition coefficient (Wildman–Crippen LogP) is 1.54. The highest BCUT2D eigenvalue weighted by molar-refractivity contribution is 4.91. The molecule has 3 aliphatic rings. The zero-order chi connectivity index (χ0) is 11.0. The second-order valence-corrected chi connectivity index (χ2v) is 5.94. The highest BCUT2D eigenvalue weighted by Gasteiger charge is 2.38. The van der Waals surface area contributed by atoms with E-state index < -0.39 is 5.60 Å². The summed E-state index contributed by atoms with van der Waals surface area (Å²) in [6.07, 6.45) is 9.05. The summed E-state index contributed by atoms with van der Waals surface area (Å²) in [6.45, 7) is 2.96. The molecule has 0 radical (unpaired) electrons. The Morgan fingerprint density at radius 3 is 2.31 bits per heavy atom. The van der Waals surface area contributed by atoms with Crippen molar-refractivity contribution in [1.82, 2.24) is 4.90 Å². The zero-order valence-corrected chi connectivity index (χ0v) is 10.0. The zero-order valence-electron chi connectivity index (χ0n) is 10.0. The van der Waals surface area contributed by atoms with Crippen molar-refractivity contribution in [1.29, 1.82) is 0 Å². The van der Waals surface area contributed by atoms with Gasteiger partial charge in [-0.05, 0) is 25.7 Å². The Labute approximate surface area is 97.8 Å². The van der Waals surface area contributed by atoms with Gasteiger partial charge in [-0.3, -0.25) is 4.90 Å². The average Bonchev–Trinajstić information content (AvgIpc) is 2.58. The Morgan fingerprint density at radius 2 is 1.69 bits per heavy atom. The maximum atomic E-state index is 10.5. The minimum atomic E-state index is -0.394. The first-order chi connectivity index (χ1) is 7.73. The fourth-order valence-electron chi connectivity index (χ4n) is 3.61. The van der Waals surface area contributed by atoms with E-state index in [9.17, 15) is 5.11 Å². The molecule has 0 aromatic rings. The fourth-order valence-corrected chi connectivity index (χ4v) is 3.61. The highest BCUT2D eigenvalue weighted by atomic mass is 16.5. The van der Waals surface area contributed by atoms with E-state index in [1.54, 1.807) is 0 Å².